The fraction of sp³-hybridized carbons (Fsp3) is 0.450. The Bertz CT molecular complexity index is 700. The number of nitrogens with zero attached hydrogens (tertiary/aromatic N) is 2. The zero-order valence-corrected chi connectivity index (χ0v) is 19.1. The number of ether oxygens (including phenoxy) is 1. The predicted molar refractivity (Wildman–Crippen MR) is 126 cm³/mol. The Labute approximate surface area is 183 Å². The van der Waals surface area contributed by atoms with E-state index in [4.69, 9.17) is 4.74 Å². The summed E-state index contributed by atoms with van der Waals surface area (Å²) >= 11 is 1.82. The Morgan fingerprint density at radius 3 is 2.67 bits per heavy atom. The quantitative estimate of drug-likeness (QED) is 0.361. The predicted octanol–water partition coefficient (Wildman–Crippen LogP) is 3.75. The van der Waals surface area contributed by atoms with E-state index in [-0.39, 0.29) is 24.0 Å². The van der Waals surface area contributed by atoms with Crippen molar-refractivity contribution in [1.29, 1.82) is 0 Å². The molecule has 1 aromatic carbocycles. The summed E-state index contributed by atoms with van der Waals surface area (Å²) in [5, 5.41) is 10.5. The van der Waals surface area contributed by atoms with Crippen LogP contribution in [0.25, 0.3) is 0 Å². The number of guanidine groups is 1. The van der Waals surface area contributed by atoms with Crippen molar-refractivity contribution in [2.75, 3.05) is 38.7 Å². The van der Waals surface area contributed by atoms with Gasteiger partial charge in [-0.2, -0.15) is 0 Å². The lowest BCUT2D eigenvalue weighted by Gasteiger charge is -2.33. The minimum atomic E-state index is 0. The van der Waals surface area contributed by atoms with Crippen LogP contribution < -0.4 is 20.3 Å². The minimum Gasteiger partial charge on any atom is -0.496 e. The Hall–Kier alpha value is -1.48. The molecule has 0 bridgehead atoms. The van der Waals surface area contributed by atoms with Crippen molar-refractivity contribution in [3.8, 4) is 5.75 Å². The lowest BCUT2D eigenvalue weighted by molar-refractivity contribution is 0.409. The molecule has 7 heteroatoms. The molecule has 0 amide bonds. The van der Waals surface area contributed by atoms with Crippen LogP contribution in [0, 0.1) is 0 Å². The van der Waals surface area contributed by atoms with Crippen molar-refractivity contribution in [3.63, 3.8) is 0 Å². The standard InChI is InChI=1S/C20H28N4OS.HI/c1-21-20(22-12-9-16-6-3-4-7-18(16)25-2)23-17-10-13-24(14-11-17)19-8-5-15-26-19;/h3-8,15,17H,9-14H2,1-2H3,(H2,21,22,23);1H. The van der Waals surface area contributed by atoms with Gasteiger partial charge in [0.1, 0.15) is 5.75 Å². The molecule has 2 heterocycles. The van der Waals surface area contributed by atoms with Crippen molar-refractivity contribution in [2.24, 2.45) is 4.99 Å². The van der Waals surface area contributed by atoms with Crippen molar-refractivity contribution in [3.05, 3.63) is 47.3 Å². The van der Waals surface area contributed by atoms with Gasteiger partial charge in [0.15, 0.2) is 5.96 Å². The second-order valence-electron chi connectivity index (χ2n) is 6.42. The summed E-state index contributed by atoms with van der Waals surface area (Å²) in [5.41, 5.74) is 1.21. The summed E-state index contributed by atoms with van der Waals surface area (Å²) in [5.74, 6) is 1.83. The minimum absolute atomic E-state index is 0. The summed E-state index contributed by atoms with van der Waals surface area (Å²) in [7, 11) is 3.55. The third kappa shape index (κ3) is 6.27. The van der Waals surface area contributed by atoms with Gasteiger partial charge in [-0.15, -0.1) is 35.3 Å². The number of para-hydroxylation sites is 1. The van der Waals surface area contributed by atoms with E-state index < -0.39 is 0 Å². The fourth-order valence-corrected chi connectivity index (χ4v) is 4.09. The topological polar surface area (TPSA) is 48.9 Å². The second-order valence-corrected chi connectivity index (χ2v) is 7.34. The van der Waals surface area contributed by atoms with Gasteiger partial charge in [-0.05, 0) is 48.4 Å². The van der Waals surface area contributed by atoms with Gasteiger partial charge < -0.3 is 20.3 Å². The van der Waals surface area contributed by atoms with Crippen molar-refractivity contribution < 1.29 is 4.74 Å². The van der Waals surface area contributed by atoms with Gasteiger partial charge in [-0.25, -0.2) is 0 Å². The van der Waals surface area contributed by atoms with Crippen LogP contribution in [0.2, 0.25) is 0 Å². The zero-order chi connectivity index (χ0) is 18.2. The number of hydrogen-bond donors (Lipinski definition) is 2. The summed E-state index contributed by atoms with van der Waals surface area (Å²) in [4.78, 5) is 6.85. The number of thiophene rings is 1. The number of nitrogens with one attached hydrogen (secondary N) is 2. The van der Waals surface area contributed by atoms with Crippen LogP contribution in [-0.2, 0) is 6.42 Å². The molecular formula is C20H29IN4OS. The molecule has 0 spiro atoms. The molecule has 0 atom stereocenters. The normalized spacial score (nSPS) is 15.2. The molecule has 1 aliphatic heterocycles. The molecule has 2 aromatic rings. The molecule has 1 aromatic heterocycles. The maximum absolute atomic E-state index is 5.41. The first-order valence-corrected chi connectivity index (χ1v) is 10.1. The first kappa shape index (κ1) is 21.8. The molecular weight excluding hydrogens is 471 g/mol. The van der Waals surface area contributed by atoms with E-state index in [2.05, 4.69) is 44.1 Å². The van der Waals surface area contributed by atoms with Gasteiger partial charge in [0.25, 0.3) is 0 Å². The molecule has 0 saturated carbocycles. The molecule has 2 N–H and O–H groups in total. The van der Waals surface area contributed by atoms with E-state index in [1.54, 1.807) is 7.11 Å². The molecule has 1 fully saturated rings. The van der Waals surface area contributed by atoms with Gasteiger partial charge in [0, 0.05) is 32.7 Å². The molecule has 5 nitrogen and oxygen atoms in total. The monoisotopic (exact) mass is 500 g/mol. The Balaban J connectivity index is 0.00000261. The summed E-state index contributed by atoms with van der Waals surface area (Å²) in [6.45, 7) is 3.01. The lowest BCUT2D eigenvalue weighted by Crippen LogP contribution is -2.49. The van der Waals surface area contributed by atoms with Crippen molar-refractivity contribution >= 4 is 46.3 Å². The zero-order valence-electron chi connectivity index (χ0n) is 16.0. The van der Waals surface area contributed by atoms with E-state index in [0.29, 0.717) is 6.04 Å². The van der Waals surface area contributed by atoms with E-state index in [9.17, 15) is 0 Å². The van der Waals surface area contributed by atoms with Gasteiger partial charge >= 0.3 is 0 Å². The maximum Gasteiger partial charge on any atom is 0.191 e. The average Bonchev–Trinajstić information content (AvgIpc) is 3.23. The first-order chi connectivity index (χ1) is 12.8. The van der Waals surface area contributed by atoms with E-state index in [1.165, 1.54) is 10.6 Å². The number of halogens is 1. The highest BCUT2D eigenvalue weighted by Gasteiger charge is 2.20. The average molecular weight is 500 g/mol. The van der Waals surface area contributed by atoms with Crippen LogP contribution in [0.3, 0.4) is 0 Å². The van der Waals surface area contributed by atoms with Crippen LogP contribution in [0.15, 0.2) is 46.8 Å². The molecule has 1 aliphatic rings. The number of aliphatic imine (C=N–C) groups is 1. The first-order valence-electron chi connectivity index (χ1n) is 9.17. The molecule has 0 aliphatic carbocycles. The summed E-state index contributed by atoms with van der Waals surface area (Å²) in [6, 6.07) is 13.0. The van der Waals surface area contributed by atoms with Crippen LogP contribution in [0.4, 0.5) is 5.00 Å². The van der Waals surface area contributed by atoms with Crippen LogP contribution in [0.5, 0.6) is 5.75 Å². The van der Waals surface area contributed by atoms with E-state index in [1.807, 2.05) is 36.6 Å². The fourth-order valence-electron chi connectivity index (χ4n) is 3.31. The number of piperidine rings is 1. The second kappa shape index (κ2) is 11.4. The smallest absolute Gasteiger partial charge is 0.191 e. The Kier molecular flexibility index (Phi) is 9.20. The molecule has 3 rings (SSSR count). The lowest BCUT2D eigenvalue weighted by atomic mass is 10.1. The third-order valence-electron chi connectivity index (χ3n) is 4.76. The van der Waals surface area contributed by atoms with Gasteiger partial charge in [0.05, 0.1) is 12.1 Å². The SMILES string of the molecule is CN=C(NCCc1ccccc1OC)NC1CCN(c2cccs2)CC1.I. The van der Waals surface area contributed by atoms with Gasteiger partial charge in [-0.3, -0.25) is 4.99 Å². The Morgan fingerprint density at radius 1 is 1.22 bits per heavy atom. The molecule has 148 valence electrons. The Morgan fingerprint density at radius 2 is 2.00 bits per heavy atom. The number of methoxy groups -OCH3 is 1. The van der Waals surface area contributed by atoms with Crippen LogP contribution in [-0.4, -0.2) is 45.8 Å². The number of anilines is 1. The van der Waals surface area contributed by atoms with Crippen LogP contribution in [0.1, 0.15) is 18.4 Å². The van der Waals surface area contributed by atoms with Crippen molar-refractivity contribution in [1.82, 2.24) is 10.6 Å². The molecule has 0 radical (unpaired) electrons. The highest BCUT2D eigenvalue weighted by molar-refractivity contribution is 14.0. The largest absolute Gasteiger partial charge is 0.496 e. The summed E-state index contributed by atoms with van der Waals surface area (Å²) < 4.78 is 5.41. The number of benzene rings is 1. The third-order valence-corrected chi connectivity index (χ3v) is 5.69. The van der Waals surface area contributed by atoms with E-state index in [0.717, 1.165) is 50.6 Å². The maximum atomic E-state index is 5.41. The summed E-state index contributed by atoms with van der Waals surface area (Å²) in [6.07, 6.45) is 3.16. The van der Waals surface area contributed by atoms with E-state index >= 15 is 0 Å². The van der Waals surface area contributed by atoms with Gasteiger partial charge in [-0.1, -0.05) is 18.2 Å². The van der Waals surface area contributed by atoms with Crippen LogP contribution >= 0.6 is 35.3 Å². The highest BCUT2D eigenvalue weighted by Crippen LogP contribution is 2.24. The van der Waals surface area contributed by atoms with Gasteiger partial charge in [0.2, 0.25) is 0 Å². The highest BCUT2D eigenvalue weighted by atomic mass is 127. The number of rotatable bonds is 6. The molecule has 27 heavy (non-hydrogen) atoms. The van der Waals surface area contributed by atoms with Crippen molar-refractivity contribution in [2.45, 2.75) is 25.3 Å². The number of hydrogen-bond acceptors (Lipinski definition) is 4. The molecule has 1 saturated heterocycles. The molecule has 0 unspecified atom stereocenters.